The second kappa shape index (κ2) is 6.43. The van der Waals surface area contributed by atoms with Crippen molar-refractivity contribution >= 4 is 34.0 Å². The first-order chi connectivity index (χ1) is 9.13. The highest BCUT2D eigenvalue weighted by Gasteiger charge is 2.23. The van der Waals surface area contributed by atoms with E-state index in [1.54, 1.807) is 0 Å². The molecule has 0 aliphatic carbocycles. The predicted octanol–water partition coefficient (Wildman–Crippen LogP) is 2.70. The molecule has 2 aromatic heterocycles. The first-order valence-electron chi connectivity index (χ1n) is 6.72. The molecule has 1 aliphatic rings. The normalized spacial score (nSPS) is 23.8. The van der Waals surface area contributed by atoms with Gasteiger partial charge in [-0.1, -0.05) is 0 Å². The summed E-state index contributed by atoms with van der Waals surface area (Å²) in [6, 6.07) is 5.19. The van der Waals surface area contributed by atoms with Crippen molar-refractivity contribution in [3.05, 3.63) is 34.7 Å². The summed E-state index contributed by atoms with van der Waals surface area (Å²) in [5, 5.41) is 3.52. The van der Waals surface area contributed by atoms with Crippen LogP contribution in [-0.2, 0) is 6.54 Å². The Bertz CT molecular complexity index is 586. The number of fused-ring (bicyclic) bond motifs is 1. The van der Waals surface area contributed by atoms with Crippen LogP contribution in [0.1, 0.15) is 19.5 Å². The largest absolute Gasteiger partial charge is 0.311 e. The third-order valence-electron chi connectivity index (χ3n) is 3.80. The molecule has 2 atom stereocenters. The number of aromatic nitrogens is 2. The standard InChI is InChI=1S/C14H19BrN4.ClH/c1-10-7-18(11(2)5-16-10)9-13-6-17-14-4-3-12(15)8-19(13)14;/h3-4,6,8,10-11,16H,5,7,9H2,1-2H3;1H. The first-order valence-corrected chi connectivity index (χ1v) is 7.51. The molecule has 1 aliphatic heterocycles. The fourth-order valence-electron chi connectivity index (χ4n) is 2.65. The molecule has 6 heteroatoms. The van der Waals surface area contributed by atoms with Crippen molar-refractivity contribution in [2.24, 2.45) is 0 Å². The molecule has 1 saturated heterocycles. The molecule has 1 N–H and O–H groups in total. The molecule has 1 fully saturated rings. The Labute approximate surface area is 134 Å². The number of hydrogen-bond donors (Lipinski definition) is 1. The molecule has 4 nitrogen and oxygen atoms in total. The number of piperazine rings is 1. The second-order valence-electron chi connectivity index (χ2n) is 5.41. The van der Waals surface area contributed by atoms with E-state index in [0.29, 0.717) is 12.1 Å². The Morgan fingerprint density at radius 1 is 1.40 bits per heavy atom. The van der Waals surface area contributed by atoms with Gasteiger partial charge in [0.2, 0.25) is 0 Å². The van der Waals surface area contributed by atoms with Crippen LogP contribution >= 0.6 is 28.3 Å². The quantitative estimate of drug-likeness (QED) is 0.895. The molecular weight excluding hydrogens is 340 g/mol. The van der Waals surface area contributed by atoms with Gasteiger partial charge >= 0.3 is 0 Å². The molecule has 0 amide bonds. The van der Waals surface area contributed by atoms with Gasteiger partial charge in [-0.05, 0) is 41.9 Å². The summed E-state index contributed by atoms with van der Waals surface area (Å²) in [5.74, 6) is 0. The highest BCUT2D eigenvalue weighted by Crippen LogP contribution is 2.17. The highest BCUT2D eigenvalue weighted by molar-refractivity contribution is 9.10. The fourth-order valence-corrected chi connectivity index (χ4v) is 2.98. The Balaban J connectivity index is 0.00000147. The number of pyridine rings is 1. The molecule has 3 rings (SSSR count). The third-order valence-corrected chi connectivity index (χ3v) is 4.27. The lowest BCUT2D eigenvalue weighted by molar-refractivity contribution is 0.137. The van der Waals surface area contributed by atoms with Gasteiger partial charge in [0.25, 0.3) is 0 Å². The van der Waals surface area contributed by atoms with E-state index in [1.807, 2.05) is 18.3 Å². The van der Waals surface area contributed by atoms with Crippen molar-refractivity contribution in [3.8, 4) is 0 Å². The Morgan fingerprint density at radius 2 is 2.20 bits per heavy atom. The van der Waals surface area contributed by atoms with Crippen molar-refractivity contribution in [3.63, 3.8) is 0 Å². The van der Waals surface area contributed by atoms with Gasteiger partial charge in [-0.2, -0.15) is 0 Å². The maximum Gasteiger partial charge on any atom is 0.136 e. The van der Waals surface area contributed by atoms with E-state index in [2.05, 4.69) is 55.6 Å². The van der Waals surface area contributed by atoms with Gasteiger partial charge in [0.05, 0.1) is 11.9 Å². The van der Waals surface area contributed by atoms with Crippen LogP contribution in [0.2, 0.25) is 0 Å². The Hall–Kier alpha value is -0.620. The summed E-state index contributed by atoms with van der Waals surface area (Å²) in [4.78, 5) is 6.99. The maximum atomic E-state index is 4.47. The monoisotopic (exact) mass is 358 g/mol. The van der Waals surface area contributed by atoms with Crippen molar-refractivity contribution in [1.82, 2.24) is 19.6 Å². The minimum Gasteiger partial charge on any atom is -0.311 e. The second-order valence-corrected chi connectivity index (χ2v) is 6.33. The summed E-state index contributed by atoms with van der Waals surface area (Å²) < 4.78 is 3.25. The molecule has 110 valence electrons. The van der Waals surface area contributed by atoms with E-state index in [4.69, 9.17) is 0 Å². The fraction of sp³-hybridized carbons (Fsp3) is 0.500. The van der Waals surface area contributed by atoms with Crippen LogP contribution < -0.4 is 5.32 Å². The van der Waals surface area contributed by atoms with E-state index in [-0.39, 0.29) is 12.4 Å². The number of rotatable bonds is 2. The summed E-state index contributed by atoms with van der Waals surface area (Å²) in [7, 11) is 0. The number of hydrogen-bond acceptors (Lipinski definition) is 3. The van der Waals surface area contributed by atoms with E-state index in [1.165, 1.54) is 5.69 Å². The van der Waals surface area contributed by atoms with Crippen LogP contribution in [0.4, 0.5) is 0 Å². The minimum atomic E-state index is 0. The zero-order valence-electron chi connectivity index (χ0n) is 11.7. The average molecular weight is 360 g/mol. The zero-order chi connectivity index (χ0) is 13.4. The number of imidazole rings is 1. The topological polar surface area (TPSA) is 32.6 Å². The minimum absolute atomic E-state index is 0. The lowest BCUT2D eigenvalue weighted by Gasteiger charge is -2.37. The SMILES string of the molecule is CC1CN(Cc2cnc3ccc(Br)cn23)C(C)CN1.Cl. The molecule has 0 radical (unpaired) electrons. The van der Waals surface area contributed by atoms with E-state index in [9.17, 15) is 0 Å². The Kier molecular flexibility index (Phi) is 5.07. The molecule has 0 bridgehead atoms. The highest BCUT2D eigenvalue weighted by atomic mass is 79.9. The van der Waals surface area contributed by atoms with Gasteiger partial charge < -0.3 is 9.72 Å². The molecule has 20 heavy (non-hydrogen) atoms. The van der Waals surface area contributed by atoms with Crippen molar-refractivity contribution in [1.29, 1.82) is 0 Å². The summed E-state index contributed by atoms with van der Waals surface area (Å²) in [5.41, 5.74) is 2.26. The van der Waals surface area contributed by atoms with Crippen LogP contribution in [0.3, 0.4) is 0 Å². The van der Waals surface area contributed by atoms with Crippen LogP contribution in [0.15, 0.2) is 29.0 Å². The predicted molar refractivity (Wildman–Crippen MR) is 87.5 cm³/mol. The van der Waals surface area contributed by atoms with Crippen molar-refractivity contribution in [2.45, 2.75) is 32.5 Å². The molecule has 2 unspecified atom stereocenters. The van der Waals surface area contributed by atoms with Crippen LogP contribution in [0.25, 0.3) is 5.65 Å². The lowest BCUT2D eigenvalue weighted by Crippen LogP contribution is -2.53. The van der Waals surface area contributed by atoms with E-state index in [0.717, 1.165) is 29.8 Å². The Morgan fingerprint density at radius 3 is 3.00 bits per heavy atom. The third kappa shape index (κ3) is 3.17. The van der Waals surface area contributed by atoms with Gasteiger partial charge in [-0.3, -0.25) is 4.90 Å². The summed E-state index contributed by atoms with van der Waals surface area (Å²) in [6.45, 7) is 7.61. The van der Waals surface area contributed by atoms with Gasteiger partial charge in [0.15, 0.2) is 0 Å². The molecule has 0 aromatic carbocycles. The van der Waals surface area contributed by atoms with Crippen molar-refractivity contribution < 1.29 is 0 Å². The summed E-state index contributed by atoms with van der Waals surface area (Å²) >= 11 is 3.53. The number of nitrogens with one attached hydrogen (secondary N) is 1. The smallest absolute Gasteiger partial charge is 0.136 e. The maximum absolute atomic E-state index is 4.47. The lowest BCUT2D eigenvalue weighted by atomic mass is 10.1. The number of halogens is 2. The van der Waals surface area contributed by atoms with Gasteiger partial charge in [0.1, 0.15) is 5.65 Å². The van der Waals surface area contributed by atoms with Crippen LogP contribution in [-0.4, -0.2) is 39.5 Å². The first kappa shape index (κ1) is 15.8. The molecule has 0 saturated carbocycles. The van der Waals surface area contributed by atoms with Gasteiger partial charge in [-0.25, -0.2) is 4.98 Å². The average Bonchev–Trinajstić information content (AvgIpc) is 2.77. The molecular formula is C14H20BrClN4. The van der Waals surface area contributed by atoms with Crippen LogP contribution in [0.5, 0.6) is 0 Å². The van der Waals surface area contributed by atoms with E-state index >= 15 is 0 Å². The van der Waals surface area contributed by atoms with Crippen molar-refractivity contribution in [2.75, 3.05) is 13.1 Å². The zero-order valence-corrected chi connectivity index (χ0v) is 14.1. The summed E-state index contributed by atoms with van der Waals surface area (Å²) in [6.07, 6.45) is 4.08. The van der Waals surface area contributed by atoms with Gasteiger partial charge in [-0.15, -0.1) is 12.4 Å². The molecule has 2 aromatic rings. The molecule has 0 spiro atoms. The van der Waals surface area contributed by atoms with Crippen LogP contribution in [0, 0.1) is 0 Å². The van der Waals surface area contributed by atoms with Gasteiger partial charge in [0, 0.05) is 42.4 Å². The molecule has 3 heterocycles. The van der Waals surface area contributed by atoms with E-state index < -0.39 is 0 Å². The number of nitrogens with zero attached hydrogens (tertiary/aromatic N) is 3.